The zero-order valence-corrected chi connectivity index (χ0v) is 20.2. The van der Waals surface area contributed by atoms with Crippen LogP contribution in [-0.4, -0.2) is 67.0 Å². The number of hydrogen-bond acceptors (Lipinski definition) is 5. The van der Waals surface area contributed by atoms with Crippen LogP contribution in [0, 0.1) is 5.92 Å². The monoisotopic (exact) mass is 476 g/mol. The number of benzene rings is 2. The van der Waals surface area contributed by atoms with Crippen LogP contribution >= 0.6 is 0 Å². The van der Waals surface area contributed by atoms with Crippen LogP contribution in [0.3, 0.4) is 0 Å². The van der Waals surface area contributed by atoms with E-state index in [0.29, 0.717) is 28.9 Å². The van der Waals surface area contributed by atoms with Crippen LogP contribution in [0.15, 0.2) is 53.4 Å². The van der Waals surface area contributed by atoms with Crippen LogP contribution in [0.5, 0.6) is 5.75 Å². The second-order valence-corrected chi connectivity index (χ2v) is 12.3. The zero-order chi connectivity index (χ0) is 22.6. The van der Waals surface area contributed by atoms with Crippen molar-refractivity contribution in [3.05, 3.63) is 59.7 Å². The quantitative estimate of drug-likeness (QED) is 0.575. The minimum Gasteiger partial charge on any atom is -0.611 e. The van der Waals surface area contributed by atoms with E-state index in [4.69, 9.17) is 4.74 Å². The zero-order valence-electron chi connectivity index (χ0n) is 18.6. The first kappa shape index (κ1) is 23.6. The summed E-state index contributed by atoms with van der Waals surface area (Å²) in [4.78, 5) is 2.98. The molecule has 0 spiro atoms. The number of piperidine rings is 1. The number of likely N-dealkylation sites (tertiary alicyclic amines) is 1. The first-order valence-electron chi connectivity index (χ1n) is 11.2. The Hall–Kier alpha value is -1.58. The molecule has 0 bridgehead atoms. The maximum atomic E-state index is 13.1. The van der Waals surface area contributed by atoms with Crippen LogP contribution < -0.4 is 4.74 Å². The summed E-state index contributed by atoms with van der Waals surface area (Å²) in [7, 11) is -1.86. The highest BCUT2D eigenvalue weighted by Crippen LogP contribution is 2.28. The lowest BCUT2D eigenvalue weighted by atomic mass is 9.90. The number of rotatable bonds is 7. The first-order chi connectivity index (χ1) is 15.4. The van der Waals surface area contributed by atoms with Gasteiger partial charge in [-0.1, -0.05) is 30.3 Å². The average molecular weight is 477 g/mol. The Kier molecular flexibility index (Phi) is 7.78. The molecule has 1 unspecified atom stereocenters. The molecule has 0 radical (unpaired) electrons. The van der Waals surface area contributed by atoms with E-state index in [0.717, 1.165) is 37.9 Å². The summed E-state index contributed by atoms with van der Waals surface area (Å²) in [6, 6.07) is 16.0. The van der Waals surface area contributed by atoms with E-state index in [2.05, 4.69) is 29.2 Å². The van der Waals surface area contributed by atoms with Gasteiger partial charge in [-0.2, -0.15) is 4.31 Å². The van der Waals surface area contributed by atoms with Gasteiger partial charge in [0.2, 0.25) is 10.0 Å². The van der Waals surface area contributed by atoms with Gasteiger partial charge < -0.3 is 14.2 Å². The molecule has 0 saturated carbocycles. The second kappa shape index (κ2) is 10.6. The van der Waals surface area contributed by atoms with E-state index in [9.17, 15) is 13.0 Å². The summed E-state index contributed by atoms with van der Waals surface area (Å²) >= 11 is -1.20. The molecule has 174 valence electrons. The van der Waals surface area contributed by atoms with Gasteiger partial charge in [-0.15, -0.1) is 0 Å². The molecule has 0 N–H and O–H groups in total. The van der Waals surface area contributed by atoms with Gasteiger partial charge >= 0.3 is 0 Å². The molecular formula is C24H32N2O4S2. The van der Waals surface area contributed by atoms with Crippen molar-refractivity contribution in [2.45, 2.75) is 30.7 Å². The highest BCUT2D eigenvalue weighted by molar-refractivity contribution is 7.91. The van der Waals surface area contributed by atoms with Gasteiger partial charge in [-0.3, -0.25) is 0 Å². The van der Waals surface area contributed by atoms with Crippen LogP contribution in [0.1, 0.15) is 24.0 Å². The lowest BCUT2D eigenvalue weighted by Crippen LogP contribution is -2.41. The van der Waals surface area contributed by atoms with E-state index in [1.165, 1.54) is 9.87 Å². The largest absolute Gasteiger partial charge is 0.611 e. The Bertz CT molecular complexity index is 992. The highest BCUT2D eigenvalue weighted by atomic mass is 32.2. The fraction of sp³-hybridized carbons (Fsp3) is 0.500. The van der Waals surface area contributed by atoms with Crippen LogP contribution in [0.4, 0.5) is 0 Å². The summed E-state index contributed by atoms with van der Waals surface area (Å²) in [6.07, 6.45) is 3.30. The van der Waals surface area contributed by atoms with Gasteiger partial charge in [0.1, 0.15) is 11.5 Å². The summed E-state index contributed by atoms with van der Waals surface area (Å²) in [5.41, 5.74) is 2.15. The van der Waals surface area contributed by atoms with Gasteiger partial charge in [0.05, 0.1) is 19.4 Å². The van der Waals surface area contributed by atoms with Gasteiger partial charge in [-0.05, 0) is 73.2 Å². The third-order valence-corrected chi connectivity index (χ3v) is 9.76. The normalized spacial score (nSPS) is 21.1. The molecule has 0 aliphatic carbocycles. The number of ether oxygens (including phenoxy) is 1. The van der Waals surface area contributed by atoms with Crippen molar-refractivity contribution in [1.82, 2.24) is 9.21 Å². The Morgan fingerprint density at radius 1 is 1.09 bits per heavy atom. The van der Waals surface area contributed by atoms with E-state index in [1.54, 1.807) is 25.3 Å². The Labute approximate surface area is 194 Å². The molecule has 1 saturated heterocycles. The maximum Gasteiger partial charge on any atom is 0.215 e. The number of nitrogens with zero attached hydrogens (tertiary/aromatic N) is 2. The Morgan fingerprint density at radius 3 is 2.56 bits per heavy atom. The van der Waals surface area contributed by atoms with Crippen LogP contribution in [0.25, 0.3) is 0 Å². The first-order valence-corrected chi connectivity index (χ1v) is 14.2. The molecule has 4 rings (SSSR count). The van der Waals surface area contributed by atoms with Crippen molar-refractivity contribution in [1.29, 1.82) is 0 Å². The van der Waals surface area contributed by atoms with Crippen molar-refractivity contribution in [2.24, 2.45) is 5.92 Å². The van der Waals surface area contributed by atoms with Crippen LogP contribution in [0.2, 0.25) is 0 Å². The fourth-order valence-electron chi connectivity index (χ4n) is 4.56. The molecular weight excluding hydrogens is 444 g/mol. The molecule has 2 aromatic rings. The number of hydrogen-bond donors (Lipinski definition) is 0. The third-order valence-electron chi connectivity index (χ3n) is 6.52. The second-order valence-electron chi connectivity index (χ2n) is 8.65. The van der Waals surface area contributed by atoms with Gasteiger partial charge in [0.25, 0.3) is 0 Å². The van der Waals surface area contributed by atoms with E-state index < -0.39 is 21.2 Å². The van der Waals surface area contributed by atoms with E-state index in [-0.39, 0.29) is 18.8 Å². The molecule has 2 aromatic carbocycles. The average Bonchev–Trinajstić information content (AvgIpc) is 2.98. The molecule has 8 heteroatoms. The predicted octanol–water partition coefficient (Wildman–Crippen LogP) is 2.90. The number of sulfonamides is 1. The molecule has 0 aromatic heterocycles. The molecule has 1 atom stereocenters. The van der Waals surface area contributed by atoms with Crippen molar-refractivity contribution < 1.29 is 17.7 Å². The maximum absolute atomic E-state index is 13.1. The van der Waals surface area contributed by atoms with Crippen LogP contribution in [-0.2, 0) is 34.2 Å². The van der Waals surface area contributed by atoms with Crippen molar-refractivity contribution in [3.8, 4) is 5.75 Å². The standard InChI is InChI=1S/C24H32N2O4S2/c1-30-23-7-8-24-22(18-23)19-26(13-15-31(24)27)32(28,29)16-14-25-11-9-21(10-12-25)17-20-5-3-2-4-6-20/h2-8,18,21H,9-17,19H2,1H3. The lowest BCUT2D eigenvalue weighted by molar-refractivity contribution is 0.192. The van der Waals surface area contributed by atoms with Gasteiger partial charge in [0.15, 0.2) is 4.90 Å². The molecule has 2 heterocycles. The van der Waals surface area contributed by atoms with Crippen molar-refractivity contribution in [3.63, 3.8) is 0 Å². The molecule has 0 amide bonds. The molecule has 1 fully saturated rings. The summed E-state index contributed by atoms with van der Waals surface area (Å²) in [5.74, 6) is 1.74. The minimum absolute atomic E-state index is 0.0995. The number of methoxy groups -OCH3 is 1. The molecule has 32 heavy (non-hydrogen) atoms. The lowest BCUT2D eigenvalue weighted by Gasteiger charge is -2.32. The third kappa shape index (κ3) is 5.85. The highest BCUT2D eigenvalue weighted by Gasteiger charge is 2.31. The Balaban J connectivity index is 1.31. The van der Waals surface area contributed by atoms with Crippen molar-refractivity contribution >= 4 is 21.2 Å². The van der Waals surface area contributed by atoms with Gasteiger partial charge in [0, 0.05) is 18.7 Å². The fourth-order valence-corrected chi connectivity index (χ4v) is 7.37. The topological polar surface area (TPSA) is 72.9 Å². The van der Waals surface area contributed by atoms with Gasteiger partial charge in [-0.25, -0.2) is 8.42 Å². The van der Waals surface area contributed by atoms with E-state index >= 15 is 0 Å². The Morgan fingerprint density at radius 2 is 1.84 bits per heavy atom. The summed E-state index contributed by atoms with van der Waals surface area (Å²) in [5, 5.41) is 0. The SMILES string of the molecule is COc1ccc2c(c1)CN(S(=O)(=O)CCN1CCC(Cc3ccccc3)CC1)CC[S+]2[O-]. The summed E-state index contributed by atoms with van der Waals surface area (Å²) in [6.45, 7) is 2.96. The summed E-state index contributed by atoms with van der Waals surface area (Å²) < 4.78 is 45.6. The molecule has 2 aliphatic heterocycles. The molecule has 6 nitrogen and oxygen atoms in total. The molecule has 2 aliphatic rings. The van der Waals surface area contributed by atoms with E-state index in [1.807, 2.05) is 6.07 Å². The van der Waals surface area contributed by atoms with Crippen molar-refractivity contribution in [2.75, 3.05) is 44.8 Å². The number of fused-ring (bicyclic) bond motifs is 1. The smallest absolute Gasteiger partial charge is 0.215 e. The predicted molar refractivity (Wildman–Crippen MR) is 128 cm³/mol. The minimum atomic E-state index is -3.44.